The normalized spacial score (nSPS) is 30.0. The summed E-state index contributed by atoms with van der Waals surface area (Å²) in [7, 11) is 0. The third kappa shape index (κ3) is 3.38. The van der Waals surface area contributed by atoms with Crippen LogP contribution in [0.25, 0.3) is 0 Å². The van der Waals surface area contributed by atoms with E-state index in [0.717, 1.165) is 31.4 Å². The minimum atomic E-state index is -4.42. The van der Waals surface area contributed by atoms with Crippen molar-refractivity contribution in [1.82, 2.24) is 9.80 Å². The largest absolute Gasteiger partial charge is 0.416 e. The van der Waals surface area contributed by atoms with Crippen LogP contribution in [0, 0.1) is 17.8 Å². The van der Waals surface area contributed by atoms with Crippen molar-refractivity contribution >= 4 is 11.8 Å². The van der Waals surface area contributed by atoms with Gasteiger partial charge in [-0.15, -0.1) is 0 Å². The number of fused-ring (bicyclic) bond motifs is 2. The molecule has 1 aromatic carbocycles. The van der Waals surface area contributed by atoms with Crippen LogP contribution in [0.2, 0.25) is 0 Å². The molecule has 0 spiro atoms. The van der Waals surface area contributed by atoms with E-state index in [2.05, 4.69) is 0 Å². The number of piperazine rings is 1. The minimum Gasteiger partial charge on any atom is -0.339 e. The fraction of sp³-hybridized carbons (Fsp3) is 0.600. The molecule has 2 N–H and O–H groups in total. The Morgan fingerprint density at radius 1 is 0.929 bits per heavy atom. The zero-order valence-corrected chi connectivity index (χ0v) is 15.5. The van der Waals surface area contributed by atoms with Crippen LogP contribution >= 0.6 is 0 Å². The predicted octanol–water partition coefficient (Wildman–Crippen LogP) is 2.36. The number of halogens is 3. The maximum absolute atomic E-state index is 12.9. The molecule has 2 aliphatic carbocycles. The first-order valence-corrected chi connectivity index (χ1v) is 9.76. The number of carbonyl (C=O) groups excluding carboxylic acids is 2. The van der Waals surface area contributed by atoms with E-state index in [-0.39, 0.29) is 29.3 Å². The van der Waals surface area contributed by atoms with E-state index in [1.165, 1.54) is 12.1 Å². The van der Waals surface area contributed by atoms with Gasteiger partial charge in [-0.25, -0.2) is 0 Å². The smallest absolute Gasteiger partial charge is 0.339 e. The molecule has 4 atom stereocenters. The predicted molar refractivity (Wildman–Crippen MR) is 96.2 cm³/mol. The van der Waals surface area contributed by atoms with Crippen LogP contribution in [0.5, 0.6) is 0 Å². The molecule has 3 aliphatic rings. The summed E-state index contributed by atoms with van der Waals surface area (Å²) in [4.78, 5) is 28.9. The summed E-state index contributed by atoms with van der Waals surface area (Å²) in [6.07, 6.45) is -1.19. The highest BCUT2D eigenvalue weighted by molar-refractivity contribution is 5.94. The maximum Gasteiger partial charge on any atom is 0.416 e. The molecule has 152 valence electrons. The average molecular weight is 395 g/mol. The Balaban J connectivity index is 1.35. The lowest BCUT2D eigenvalue weighted by atomic mass is 9.84. The molecule has 5 nitrogen and oxygen atoms in total. The number of hydrogen-bond acceptors (Lipinski definition) is 3. The van der Waals surface area contributed by atoms with Gasteiger partial charge >= 0.3 is 6.18 Å². The second kappa shape index (κ2) is 7.06. The molecule has 2 saturated carbocycles. The van der Waals surface area contributed by atoms with Gasteiger partial charge in [0, 0.05) is 37.8 Å². The van der Waals surface area contributed by atoms with Gasteiger partial charge in [-0.05, 0) is 55.4 Å². The third-order valence-electron chi connectivity index (χ3n) is 6.60. The number of amides is 2. The molecule has 28 heavy (non-hydrogen) atoms. The summed E-state index contributed by atoms with van der Waals surface area (Å²) in [5.74, 6) is 0.537. The first-order chi connectivity index (χ1) is 13.3. The van der Waals surface area contributed by atoms with Crippen LogP contribution in [-0.2, 0) is 11.0 Å². The number of nitrogens with zero attached hydrogens (tertiary/aromatic N) is 2. The van der Waals surface area contributed by atoms with Gasteiger partial charge < -0.3 is 15.5 Å². The molecule has 1 aromatic rings. The van der Waals surface area contributed by atoms with Crippen LogP contribution < -0.4 is 5.73 Å². The highest BCUT2D eigenvalue weighted by Gasteiger charge is 2.50. The Morgan fingerprint density at radius 2 is 1.50 bits per heavy atom. The number of benzene rings is 1. The number of nitrogens with two attached hydrogens (primary N) is 1. The molecule has 2 bridgehead atoms. The summed E-state index contributed by atoms with van der Waals surface area (Å²) in [5.41, 5.74) is 5.72. The lowest BCUT2D eigenvalue weighted by Crippen LogP contribution is -2.54. The summed E-state index contributed by atoms with van der Waals surface area (Å²) in [6, 6.07) is 4.19. The van der Waals surface area contributed by atoms with Gasteiger partial charge in [0.1, 0.15) is 0 Å². The van der Waals surface area contributed by atoms with Crippen LogP contribution in [0.1, 0.15) is 35.2 Å². The molecule has 8 heteroatoms. The number of carbonyl (C=O) groups is 2. The summed E-state index contributed by atoms with van der Waals surface area (Å²) in [6.45, 7) is 1.63. The van der Waals surface area contributed by atoms with Crippen LogP contribution in [0.4, 0.5) is 13.2 Å². The topological polar surface area (TPSA) is 66.6 Å². The highest BCUT2D eigenvalue weighted by Crippen LogP contribution is 2.48. The van der Waals surface area contributed by atoms with E-state index in [4.69, 9.17) is 5.73 Å². The van der Waals surface area contributed by atoms with Crippen molar-refractivity contribution in [3.8, 4) is 0 Å². The van der Waals surface area contributed by atoms with Crippen LogP contribution in [0.3, 0.4) is 0 Å². The Morgan fingerprint density at radius 3 is 2.04 bits per heavy atom. The van der Waals surface area contributed by atoms with Crippen molar-refractivity contribution in [1.29, 1.82) is 0 Å². The molecule has 4 rings (SSSR count). The van der Waals surface area contributed by atoms with Gasteiger partial charge in [0.05, 0.1) is 11.5 Å². The Labute approximate surface area is 161 Å². The molecular formula is C20H24F3N3O2. The Hall–Kier alpha value is -2.09. The second-order valence-electron chi connectivity index (χ2n) is 8.13. The van der Waals surface area contributed by atoms with Crippen molar-refractivity contribution in [2.45, 2.75) is 31.5 Å². The lowest BCUT2D eigenvalue weighted by molar-refractivity contribution is -0.139. The molecule has 0 radical (unpaired) electrons. The molecular weight excluding hydrogens is 371 g/mol. The van der Waals surface area contributed by atoms with Gasteiger partial charge in [0.2, 0.25) is 5.91 Å². The standard InChI is InChI=1S/C20H24F3N3O2/c21-20(22,23)15-5-3-12(4-6-15)18(27)25-7-9-26(10-8-25)19(28)16-13-1-2-14(11-13)17(16)24/h3-6,13-14,16-17H,1-2,7-11,24H2. The summed E-state index contributed by atoms with van der Waals surface area (Å²) in [5, 5.41) is 0. The molecule has 0 aromatic heterocycles. The molecule has 1 saturated heterocycles. The van der Waals surface area contributed by atoms with E-state index in [0.29, 0.717) is 38.0 Å². The zero-order chi connectivity index (χ0) is 20.1. The second-order valence-corrected chi connectivity index (χ2v) is 8.13. The van der Waals surface area contributed by atoms with Crippen molar-refractivity contribution in [3.05, 3.63) is 35.4 Å². The quantitative estimate of drug-likeness (QED) is 0.836. The molecule has 4 unspecified atom stereocenters. The SMILES string of the molecule is NC1C2CCC(C2)C1C(=O)N1CCN(C(=O)c2ccc(C(F)(F)F)cc2)CC1. The zero-order valence-electron chi connectivity index (χ0n) is 15.5. The number of hydrogen-bond donors (Lipinski definition) is 1. The Kier molecular flexibility index (Phi) is 4.85. The van der Waals surface area contributed by atoms with Crippen molar-refractivity contribution in [2.75, 3.05) is 26.2 Å². The van der Waals surface area contributed by atoms with Gasteiger partial charge in [0.15, 0.2) is 0 Å². The van der Waals surface area contributed by atoms with Crippen LogP contribution in [0.15, 0.2) is 24.3 Å². The lowest BCUT2D eigenvalue weighted by Gasteiger charge is -2.38. The monoisotopic (exact) mass is 395 g/mol. The highest BCUT2D eigenvalue weighted by atomic mass is 19.4. The molecule has 2 amide bonds. The first-order valence-electron chi connectivity index (χ1n) is 9.76. The van der Waals surface area contributed by atoms with Crippen molar-refractivity contribution in [2.24, 2.45) is 23.5 Å². The Bertz CT molecular complexity index is 755. The van der Waals surface area contributed by atoms with Crippen LogP contribution in [-0.4, -0.2) is 53.8 Å². The van der Waals surface area contributed by atoms with E-state index < -0.39 is 11.7 Å². The summed E-state index contributed by atoms with van der Waals surface area (Å²) >= 11 is 0. The van der Waals surface area contributed by atoms with E-state index in [1.807, 2.05) is 0 Å². The fourth-order valence-corrected chi connectivity index (χ4v) is 5.03. The molecule has 1 aliphatic heterocycles. The minimum absolute atomic E-state index is 0.0574. The number of alkyl halides is 3. The fourth-order valence-electron chi connectivity index (χ4n) is 5.03. The van der Waals surface area contributed by atoms with Crippen molar-refractivity contribution < 1.29 is 22.8 Å². The van der Waals surface area contributed by atoms with Gasteiger partial charge in [0.25, 0.3) is 5.91 Å². The van der Waals surface area contributed by atoms with Gasteiger partial charge in [-0.1, -0.05) is 0 Å². The summed E-state index contributed by atoms with van der Waals surface area (Å²) < 4.78 is 38.0. The first kappa shape index (κ1) is 19.2. The van der Waals surface area contributed by atoms with Crippen molar-refractivity contribution in [3.63, 3.8) is 0 Å². The maximum atomic E-state index is 12.9. The third-order valence-corrected chi connectivity index (χ3v) is 6.60. The van der Waals surface area contributed by atoms with E-state index >= 15 is 0 Å². The van der Waals surface area contributed by atoms with Gasteiger partial charge in [-0.3, -0.25) is 9.59 Å². The van der Waals surface area contributed by atoms with E-state index in [9.17, 15) is 22.8 Å². The number of rotatable bonds is 2. The molecule has 3 fully saturated rings. The average Bonchev–Trinajstić information content (AvgIpc) is 3.28. The van der Waals surface area contributed by atoms with Gasteiger partial charge in [-0.2, -0.15) is 13.2 Å². The van der Waals surface area contributed by atoms with E-state index in [1.54, 1.807) is 9.80 Å². The molecule has 1 heterocycles.